The first-order chi connectivity index (χ1) is 14.2. The van der Waals surface area contributed by atoms with Crippen molar-refractivity contribution >= 4 is 21.9 Å². The number of amides is 1. The van der Waals surface area contributed by atoms with Crippen molar-refractivity contribution in [2.24, 2.45) is 0 Å². The van der Waals surface area contributed by atoms with Crippen LogP contribution in [0.2, 0.25) is 0 Å². The molecule has 0 spiro atoms. The van der Waals surface area contributed by atoms with Crippen molar-refractivity contribution in [3.63, 3.8) is 0 Å². The molecular formula is C22H28N2O5S. The second-order valence-electron chi connectivity index (χ2n) is 6.78. The summed E-state index contributed by atoms with van der Waals surface area (Å²) >= 11 is 0. The van der Waals surface area contributed by atoms with Crippen molar-refractivity contribution in [3.8, 4) is 0 Å². The molecule has 0 radical (unpaired) electrons. The molecule has 0 aliphatic heterocycles. The minimum atomic E-state index is -3.70. The fourth-order valence-corrected chi connectivity index (χ4v) is 4.63. The molecule has 0 heterocycles. The molecule has 2 aromatic rings. The van der Waals surface area contributed by atoms with Gasteiger partial charge in [0, 0.05) is 18.7 Å². The van der Waals surface area contributed by atoms with Crippen LogP contribution < -0.4 is 5.32 Å². The SMILES string of the molecule is CCN(CC)S(=O)(=O)c1ccc(C)c(C(=O)NC(CC(=O)OC)c2ccccc2)c1. The van der Waals surface area contributed by atoms with E-state index in [1.165, 1.54) is 23.5 Å². The normalized spacial score (nSPS) is 12.4. The lowest BCUT2D eigenvalue weighted by molar-refractivity contribution is -0.141. The third-order valence-corrected chi connectivity index (χ3v) is 6.95. The van der Waals surface area contributed by atoms with Crippen molar-refractivity contribution in [2.75, 3.05) is 20.2 Å². The van der Waals surface area contributed by atoms with Gasteiger partial charge in [0.1, 0.15) is 0 Å². The second kappa shape index (κ2) is 10.4. The molecule has 0 aliphatic carbocycles. The van der Waals surface area contributed by atoms with Gasteiger partial charge in [-0.1, -0.05) is 50.2 Å². The first kappa shape index (κ1) is 23.6. The van der Waals surface area contributed by atoms with Gasteiger partial charge in [0.15, 0.2) is 0 Å². The van der Waals surface area contributed by atoms with E-state index in [2.05, 4.69) is 5.32 Å². The lowest BCUT2D eigenvalue weighted by Crippen LogP contribution is -2.32. The molecule has 0 fully saturated rings. The third kappa shape index (κ3) is 5.46. The van der Waals surface area contributed by atoms with Crippen LogP contribution in [0.1, 0.15) is 47.8 Å². The fourth-order valence-electron chi connectivity index (χ4n) is 3.14. The van der Waals surface area contributed by atoms with E-state index in [4.69, 9.17) is 4.74 Å². The van der Waals surface area contributed by atoms with E-state index in [1.807, 2.05) is 30.3 Å². The Hall–Kier alpha value is -2.71. The number of sulfonamides is 1. The highest BCUT2D eigenvalue weighted by Crippen LogP contribution is 2.22. The molecule has 8 heteroatoms. The van der Waals surface area contributed by atoms with Crippen LogP contribution >= 0.6 is 0 Å². The Morgan fingerprint density at radius 3 is 2.27 bits per heavy atom. The Morgan fingerprint density at radius 1 is 1.07 bits per heavy atom. The van der Waals surface area contributed by atoms with E-state index >= 15 is 0 Å². The summed E-state index contributed by atoms with van der Waals surface area (Å²) in [6.07, 6.45) is -0.0390. The van der Waals surface area contributed by atoms with Gasteiger partial charge in [-0.05, 0) is 30.2 Å². The molecule has 1 N–H and O–H groups in total. The molecule has 7 nitrogen and oxygen atoms in total. The van der Waals surface area contributed by atoms with Crippen molar-refractivity contribution in [3.05, 3.63) is 65.2 Å². The average molecular weight is 433 g/mol. The topological polar surface area (TPSA) is 92.8 Å². The molecule has 1 unspecified atom stereocenters. The maximum Gasteiger partial charge on any atom is 0.307 e. The molecule has 162 valence electrons. The van der Waals surface area contributed by atoms with Gasteiger partial charge in [-0.3, -0.25) is 9.59 Å². The number of carbonyl (C=O) groups is 2. The monoisotopic (exact) mass is 432 g/mol. The number of methoxy groups -OCH3 is 1. The number of hydrogen-bond donors (Lipinski definition) is 1. The summed E-state index contributed by atoms with van der Waals surface area (Å²) in [5, 5.41) is 2.84. The summed E-state index contributed by atoms with van der Waals surface area (Å²) in [6, 6.07) is 13.0. The maximum atomic E-state index is 13.0. The minimum Gasteiger partial charge on any atom is -0.469 e. The molecule has 2 aromatic carbocycles. The van der Waals surface area contributed by atoms with Gasteiger partial charge in [-0.15, -0.1) is 0 Å². The number of ether oxygens (including phenoxy) is 1. The van der Waals surface area contributed by atoms with Gasteiger partial charge in [0.2, 0.25) is 10.0 Å². The first-order valence-corrected chi connectivity index (χ1v) is 11.2. The Bertz CT molecular complexity index is 986. The number of benzene rings is 2. The molecule has 2 rings (SSSR count). The van der Waals surface area contributed by atoms with Crippen LogP contribution in [0.15, 0.2) is 53.4 Å². The van der Waals surface area contributed by atoms with E-state index in [-0.39, 0.29) is 16.9 Å². The first-order valence-electron chi connectivity index (χ1n) is 9.78. The van der Waals surface area contributed by atoms with E-state index < -0.39 is 27.9 Å². The summed E-state index contributed by atoms with van der Waals surface area (Å²) in [6.45, 7) is 5.94. The molecule has 30 heavy (non-hydrogen) atoms. The molecular weight excluding hydrogens is 404 g/mol. The number of esters is 1. The van der Waals surface area contributed by atoms with Gasteiger partial charge in [0.05, 0.1) is 24.5 Å². The quantitative estimate of drug-likeness (QED) is 0.615. The zero-order valence-corrected chi connectivity index (χ0v) is 18.5. The van der Waals surface area contributed by atoms with E-state index in [0.717, 1.165) is 5.56 Å². The summed E-state index contributed by atoms with van der Waals surface area (Å²) < 4.78 is 31.8. The molecule has 0 bridgehead atoms. The predicted octanol–water partition coefficient (Wildman–Crippen LogP) is 3.06. The van der Waals surface area contributed by atoms with Crippen molar-refractivity contribution in [1.82, 2.24) is 9.62 Å². The summed E-state index contributed by atoms with van der Waals surface area (Å²) in [4.78, 5) is 24.9. The molecule has 0 aromatic heterocycles. The molecule has 0 saturated carbocycles. The highest BCUT2D eigenvalue weighted by molar-refractivity contribution is 7.89. The summed E-state index contributed by atoms with van der Waals surface area (Å²) in [7, 11) is -2.41. The molecule has 1 atom stereocenters. The number of nitrogens with zero attached hydrogens (tertiary/aromatic N) is 1. The standard InChI is InChI=1S/C22H28N2O5S/c1-5-24(6-2)30(27,28)18-13-12-16(3)19(14-18)22(26)23-20(15-21(25)29-4)17-10-8-7-9-11-17/h7-14,20H,5-6,15H2,1-4H3,(H,23,26). The number of rotatable bonds is 9. The van der Waals surface area contributed by atoms with Crippen LogP contribution in [0, 0.1) is 6.92 Å². The number of hydrogen-bond acceptors (Lipinski definition) is 5. The highest BCUT2D eigenvalue weighted by atomic mass is 32.2. The maximum absolute atomic E-state index is 13.0. The fraction of sp³-hybridized carbons (Fsp3) is 0.364. The highest BCUT2D eigenvalue weighted by Gasteiger charge is 2.25. The molecule has 0 aliphatic rings. The Balaban J connectivity index is 2.38. The van der Waals surface area contributed by atoms with Gasteiger partial charge in [-0.25, -0.2) is 8.42 Å². The van der Waals surface area contributed by atoms with Gasteiger partial charge in [-0.2, -0.15) is 4.31 Å². The van der Waals surface area contributed by atoms with E-state index in [0.29, 0.717) is 18.7 Å². The van der Waals surface area contributed by atoms with Crippen molar-refractivity contribution in [1.29, 1.82) is 0 Å². The smallest absolute Gasteiger partial charge is 0.307 e. The number of aryl methyl sites for hydroxylation is 1. The summed E-state index contributed by atoms with van der Waals surface area (Å²) in [5.74, 6) is -0.916. The summed E-state index contributed by atoms with van der Waals surface area (Å²) in [5.41, 5.74) is 1.63. The lowest BCUT2D eigenvalue weighted by atomic mass is 10.0. The van der Waals surface area contributed by atoms with Crippen LogP contribution in [0.25, 0.3) is 0 Å². The van der Waals surface area contributed by atoms with Crippen LogP contribution in [0.3, 0.4) is 0 Å². The van der Waals surface area contributed by atoms with Gasteiger partial charge < -0.3 is 10.1 Å². The van der Waals surface area contributed by atoms with Crippen molar-refractivity contribution < 1.29 is 22.7 Å². The third-order valence-electron chi connectivity index (χ3n) is 4.90. The Labute approximate surface area is 178 Å². The van der Waals surface area contributed by atoms with E-state index in [9.17, 15) is 18.0 Å². The van der Waals surface area contributed by atoms with Crippen LogP contribution in [0.4, 0.5) is 0 Å². The van der Waals surface area contributed by atoms with Crippen molar-refractivity contribution in [2.45, 2.75) is 38.1 Å². The Kier molecular flexibility index (Phi) is 8.14. The largest absolute Gasteiger partial charge is 0.469 e. The van der Waals surface area contributed by atoms with Gasteiger partial charge in [0.25, 0.3) is 5.91 Å². The number of carbonyl (C=O) groups excluding carboxylic acids is 2. The number of nitrogens with one attached hydrogen (secondary N) is 1. The minimum absolute atomic E-state index is 0.0390. The molecule has 0 saturated heterocycles. The van der Waals surface area contributed by atoms with Crippen LogP contribution in [0.5, 0.6) is 0 Å². The van der Waals surface area contributed by atoms with Crippen LogP contribution in [-0.4, -0.2) is 44.8 Å². The predicted molar refractivity (Wildman–Crippen MR) is 115 cm³/mol. The lowest BCUT2D eigenvalue weighted by Gasteiger charge is -2.21. The molecule has 1 amide bonds. The average Bonchev–Trinajstić information content (AvgIpc) is 2.74. The zero-order chi connectivity index (χ0) is 22.3. The van der Waals surface area contributed by atoms with E-state index in [1.54, 1.807) is 26.8 Å². The van der Waals surface area contributed by atoms with Gasteiger partial charge >= 0.3 is 5.97 Å². The zero-order valence-electron chi connectivity index (χ0n) is 17.7. The van der Waals surface area contributed by atoms with Crippen LogP contribution in [-0.2, 0) is 19.6 Å². The Morgan fingerprint density at radius 2 is 1.70 bits per heavy atom. The second-order valence-corrected chi connectivity index (χ2v) is 8.72.